The molecule has 0 radical (unpaired) electrons. The summed E-state index contributed by atoms with van der Waals surface area (Å²) in [5, 5.41) is 12.2. The monoisotopic (exact) mass is 228 g/mol. The average molecular weight is 228 g/mol. The molecule has 0 aliphatic heterocycles. The van der Waals surface area contributed by atoms with Crippen molar-refractivity contribution in [2.45, 2.75) is 25.4 Å². The number of hydrogen-bond donors (Lipinski definition) is 1. The molecule has 0 amide bonds. The maximum atomic E-state index is 4.01. The lowest BCUT2D eigenvalue weighted by Gasteiger charge is -2.06. The van der Waals surface area contributed by atoms with Gasteiger partial charge in [0.2, 0.25) is 0 Å². The van der Waals surface area contributed by atoms with Gasteiger partial charge in [0.15, 0.2) is 5.16 Å². The second-order valence-corrected chi connectivity index (χ2v) is 5.07. The van der Waals surface area contributed by atoms with Crippen molar-refractivity contribution in [2.24, 2.45) is 13.0 Å². The average Bonchev–Trinajstić information content (AvgIpc) is 2.57. The Morgan fingerprint density at radius 1 is 1.47 bits per heavy atom. The van der Waals surface area contributed by atoms with Crippen molar-refractivity contribution in [2.75, 3.05) is 18.8 Å². The first-order valence-corrected chi connectivity index (χ1v) is 6.36. The highest BCUT2D eigenvalue weighted by Crippen LogP contribution is 2.11. The molecule has 5 heteroatoms. The van der Waals surface area contributed by atoms with Gasteiger partial charge < -0.3 is 9.88 Å². The molecule has 0 aromatic carbocycles. The van der Waals surface area contributed by atoms with Crippen molar-refractivity contribution in [3.05, 3.63) is 6.33 Å². The largest absolute Gasteiger partial charge is 0.316 e. The molecule has 0 saturated carbocycles. The van der Waals surface area contributed by atoms with Crippen LogP contribution in [0.5, 0.6) is 0 Å². The highest BCUT2D eigenvalue weighted by molar-refractivity contribution is 7.99. The van der Waals surface area contributed by atoms with Crippen LogP contribution in [0.1, 0.15) is 20.3 Å². The molecule has 86 valence electrons. The second kappa shape index (κ2) is 6.85. The van der Waals surface area contributed by atoms with Gasteiger partial charge in [0.25, 0.3) is 0 Å². The Hall–Kier alpha value is -0.550. The molecular formula is C10H20N4S. The summed E-state index contributed by atoms with van der Waals surface area (Å²) in [5.41, 5.74) is 0. The first-order chi connectivity index (χ1) is 7.20. The number of nitrogens with one attached hydrogen (secondary N) is 1. The fourth-order valence-electron chi connectivity index (χ4n) is 1.13. The van der Waals surface area contributed by atoms with Crippen LogP contribution in [0.2, 0.25) is 0 Å². The Labute approximate surface area is 95.9 Å². The Morgan fingerprint density at radius 2 is 2.27 bits per heavy atom. The van der Waals surface area contributed by atoms with Crippen molar-refractivity contribution < 1.29 is 0 Å². The number of rotatable bonds is 7. The highest BCUT2D eigenvalue weighted by atomic mass is 32.2. The van der Waals surface area contributed by atoms with Crippen LogP contribution >= 0.6 is 11.8 Å². The molecule has 4 nitrogen and oxygen atoms in total. The van der Waals surface area contributed by atoms with E-state index in [1.165, 1.54) is 6.42 Å². The Kier molecular flexibility index (Phi) is 5.71. The number of aromatic nitrogens is 3. The van der Waals surface area contributed by atoms with E-state index in [2.05, 4.69) is 29.4 Å². The van der Waals surface area contributed by atoms with Gasteiger partial charge in [0.1, 0.15) is 6.33 Å². The minimum atomic E-state index is 0.781. The first kappa shape index (κ1) is 12.5. The minimum Gasteiger partial charge on any atom is -0.316 e. The molecule has 0 fully saturated rings. The van der Waals surface area contributed by atoms with Gasteiger partial charge in [-0.2, -0.15) is 0 Å². The van der Waals surface area contributed by atoms with E-state index < -0.39 is 0 Å². The summed E-state index contributed by atoms with van der Waals surface area (Å²) in [6.45, 7) is 6.63. The van der Waals surface area contributed by atoms with Crippen molar-refractivity contribution in [1.82, 2.24) is 20.1 Å². The zero-order chi connectivity index (χ0) is 11.1. The zero-order valence-corrected chi connectivity index (χ0v) is 10.5. The SMILES string of the molecule is CC(C)CCNCCSc1nncn1C. The van der Waals surface area contributed by atoms with Gasteiger partial charge >= 0.3 is 0 Å². The second-order valence-electron chi connectivity index (χ2n) is 4.01. The third kappa shape index (κ3) is 5.18. The molecule has 0 unspecified atom stereocenters. The lowest BCUT2D eigenvalue weighted by atomic mass is 10.1. The van der Waals surface area contributed by atoms with E-state index in [4.69, 9.17) is 0 Å². The molecule has 0 atom stereocenters. The summed E-state index contributed by atoms with van der Waals surface area (Å²) in [5.74, 6) is 1.83. The zero-order valence-electron chi connectivity index (χ0n) is 9.73. The van der Waals surface area contributed by atoms with Gasteiger partial charge in [-0.25, -0.2) is 0 Å². The predicted octanol–water partition coefficient (Wildman–Crippen LogP) is 1.54. The maximum Gasteiger partial charge on any atom is 0.190 e. The first-order valence-electron chi connectivity index (χ1n) is 5.37. The van der Waals surface area contributed by atoms with Gasteiger partial charge in [-0.15, -0.1) is 10.2 Å². The maximum absolute atomic E-state index is 4.01. The summed E-state index contributed by atoms with van der Waals surface area (Å²) in [6, 6.07) is 0. The van der Waals surface area contributed by atoms with Crippen molar-refractivity contribution in [1.29, 1.82) is 0 Å². The smallest absolute Gasteiger partial charge is 0.190 e. The van der Waals surface area contributed by atoms with E-state index in [1.807, 2.05) is 11.6 Å². The predicted molar refractivity (Wildman–Crippen MR) is 64.1 cm³/mol. The van der Waals surface area contributed by atoms with Crippen LogP contribution in [0.25, 0.3) is 0 Å². The van der Waals surface area contributed by atoms with E-state index in [-0.39, 0.29) is 0 Å². The van der Waals surface area contributed by atoms with Crippen LogP contribution < -0.4 is 5.32 Å². The number of aryl methyl sites for hydroxylation is 1. The molecule has 0 saturated heterocycles. The molecule has 0 bridgehead atoms. The lowest BCUT2D eigenvalue weighted by molar-refractivity contribution is 0.547. The van der Waals surface area contributed by atoms with Gasteiger partial charge in [-0.05, 0) is 18.9 Å². The van der Waals surface area contributed by atoms with E-state index in [1.54, 1.807) is 18.1 Å². The third-order valence-electron chi connectivity index (χ3n) is 2.08. The van der Waals surface area contributed by atoms with Gasteiger partial charge in [-0.3, -0.25) is 0 Å². The quantitative estimate of drug-likeness (QED) is 0.568. The molecule has 0 aliphatic rings. The Balaban J connectivity index is 2.00. The normalized spacial score (nSPS) is 11.2. The van der Waals surface area contributed by atoms with E-state index >= 15 is 0 Å². The molecule has 15 heavy (non-hydrogen) atoms. The molecule has 1 heterocycles. The fraction of sp³-hybridized carbons (Fsp3) is 0.800. The molecular weight excluding hydrogens is 208 g/mol. The van der Waals surface area contributed by atoms with Crippen LogP contribution in [0, 0.1) is 5.92 Å². The van der Waals surface area contributed by atoms with Crippen LogP contribution in [-0.4, -0.2) is 33.6 Å². The molecule has 1 rings (SSSR count). The lowest BCUT2D eigenvalue weighted by Crippen LogP contribution is -2.19. The molecule has 0 spiro atoms. The van der Waals surface area contributed by atoms with Crippen LogP contribution in [0.3, 0.4) is 0 Å². The van der Waals surface area contributed by atoms with E-state index in [9.17, 15) is 0 Å². The summed E-state index contributed by atoms with van der Waals surface area (Å²) < 4.78 is 1.94. The minimum absolute atomic E-state index is 0.781. The number of hydrogen-bond acceptors (Lipinski definition) is 4. The van der Waals surface area contributed by atoms with E-state index in [0.29, 0.717) is 0 Å². The highest BCUT2D eigenvalue weighted by Gasteiger charge is 2.00. The Morgan fingerprint density at radius 3 is 2.87 bits per heavy atom. The number of nitrogens with zero attached hydrogens (tertiary/aromatic N) is 3. The van der Waals surface area contributed by atoms with Crippen LogP contribution in [0.15, 0.2) is 11.5 Å². The summed E-state index contributed by atoms with van der Waals surface area (Å²) in [6.07, 6.45) is 2.98. The van der Waals surface area contributed by atoms with Crippen molar-refractivity contribution >= 4 is 11.8 Å². The molecule has 0 aliphatic carbocycles. The number of thioether (sulfide) groups is 1. The van der Waals surface area contributed by atoms with Crippen molar-refractivity contribution in [3.63, 3.8) is 0 Å². The third-order valence-corrected chi connectivity index (χ3v) is 3.11. The fourth-order valence-corrected chi connectivity index (χ4v) is 1.92. The summed E-state index contributed by atoms with van der Waals surface area (Å²) in [4.78, 5) is 0. The topological polar surface area (TPSA) is 42.7 Å². The van der Waals surface area contributed by atoms with Crippen LogP contribution in [-0.2, 0) is 7.05 Å². The van der Waals surface area contributed by atoms with Gasteiger partial charge in [0, 0.05) is 19.3 Å². The summed E-state index contributed by atoms with van der Waals surface area (Å²) in [7, 11) is 1.97. The molecule has 1 aromatic rings. The van der Waals surface area contributed by atoms with Gasteiger partial charge in [-0.1, -0.05) is 25.6 Å². The standard InChI is InChI=1S/C10H20N4S/c1-9(2)4-5-11-6-7-15-10-13-12-8-14(10)3/h8-9,11H,4-7H2,1-3H3. The molecule has 1 N–H and O–H groups in total. The molecule has 1 aromatic heterocycles. The van der Waals surface area contributed by atoms with E-state index in [0.717, 1.165) is 29.9 Å². The Bertz CT molecular complexity index is 272. The van der Waals surface area contributed by atoms with Gasteiger partial charge in [0.05, 0.1) is 0 Å². The summed E-state index contributed by atoms with van der Waals surface area (Å²) >= 11 is 1.74. The van der Waals surface area contributed by atoms with Crippen molar-refractivity contribution in [3.8, 4) is 0 Å². The van der Waals surface area contributed by atoms with Crippen LogP contribution in [0.4, 0.5) is 0 Å².